The van der Waals surface area contributed by atoms with E-state index in [1.165, 1.54) is 13.8 Å². The van der Waals surface area contributed by atoms with E-state index in [9.17, 15) is 9.59 Å². The van der Waals surface area contributed by atoms with Gasteiger partial charge in [0.05, 0.1) is 5.69 Å². The number of Topliss-reactive ketones (excluding diaryl/α,β-unsaturated/α-hetero) is 2. The number of carbonyl (C=O) groups excluding carboxylic acids is 2. The van der Waals surface area contributed by atoms with E-state index in [4.69, 9.17) is 11.6 Å². The van der Waals surface area contributed by atoms with Gasteiger partial charge in [-0.1, -0.05) is 11.6 Å². The molecule has 0 aliphatic carbocycles. The molecule has 0 bridgehead atoms. The maximum absolute atomic E-state index is 11.0. The van der Waals surface area contributed by atoms with E-state index >= 15 is 0 Å². The van der Waals surface area contributed by atoms with Crippen LogP contribution in [0.25, 0.3) is 0 Å². The largest absolute Gasteiger partial charge is 0.295 e. The minimum absolute atomic E-state index is 0.00294. The van der Waals surface area contributed by atoms with Crippen molar-refractivity contribution >= 4 is 34.0 Å². The summed E-state index contributed by atoms with van der Waals surface area (Å²) in [6.07, 6.45) is 0. The van der Waals surface area contributed by atoms with E-state index < -0.39 is 0 Å². The molecule has 0 radical (unpaired) electrons. The summed E-state index contributed by atoms with van der Waals surface area (Å²) in [5, 5.41) is 3.55. The van der Waals surface area contributed by atoms with Crippen LogP contribution in [0.3, 0.4) is 0 Å². The van der Waals surface area contributed by atoms with Gasteiger partial charge < -0.3 is 0 Å². The van der Waals surface area contributed by atoms with Crippen molar-refractivity contribution in [1.29, 1.82) is 0 Å². The average molecular weight is 239 g/mol. The van der Waals surface area contributed by atoms with Crippen molar-refractivity contribution in [3.05, 3.63) is 29.8 Å². The third-order valence-electron chi connectivity index (χ3n) is 1.87. The summed E-state index contributed by atoms with van der Waals surface area (Å²) >= 11 is 5.53. The molecule has 0 aromatic heterocycles. The van der Waals surface area contributed by atoms with Gasteiger partial charge in [0.25, 0.3) is 0 Å². The van der Waals surface area contributed by atoms with Crippen molar-refractivity contribution < 1.29 is 9.59 Å². The van der Waals surface area contributed by atoms with Crippen LogP contribution in [-0.2, 0) is 4.79 Å². The van der Waals surface area contributed by atoms with Crippen LogP contribution in [0.15, 0.2) is 29.4 Å². The number of rotatable bonds is 4. The number of benzene rings is 1. The third-order valence-corrected chi connectivity index (χ3v) is 2.22. The molecule has 0 unspecified atom stereocenters. The Balaban J connectivity index is 2.73. The van der Waals surface area contributed by atoms with E-state index in [1.54, 1.807) is 24.3 Å². The fraction of sp³-hybridized carbons (Fsp3) is 0.182. The van der Waals surface area contributed by atoms with Gasteiger partial charge >= 0.3 is 0 Å². The molecule has 1 aromatic rings. The van der Waals surface area contributed by atoms with E-state index in [1.807, 2.05) is 0 Å². The fourth-order valence-electron chi connectivity index (χ4n) is 0.972. The molecule has 0 saturated heterocycles. The Hall–Kier alpha value is -1.68. The number of anilines is 1. The molecule has 0 fully saturated rings. The molecule has 1 aromatic carbocycles. The summed E-state index contributed by atoms with van der Waals surface area (Å²) in [4.78, 5) is 21.8. The van der Waals surface area contributed by atoms with E-state index in [0.717, 1.165) is 0 Å². The molecule has 0 heterocycles. The number of nitrogens with one attached hydrogen (secondary N) is 1. The van der Waals surface area contributed by atoms with Gasteiger partial charge in [-0.05, 0) is 31.2 Å². The number of nitrogens with zero attached hydrogens (tertiary/aromatic N) is 1. The van der Waals surface area contributed by atoms with Crippen molar-refractivity contribution in [3.63, 3.8) is 0 Å². The Kier molecular flexibility index (Phi) is 4.19. The molecule has 0 spiro atoms. The van der Waals surface area contributed by atoms with Crippen LogP contribution in [0.5, 0.6) is 0 Å². The second-order valence-corrected chi connectivity index (χ2v) is 3.56. The zero-order valence-corrected chi connectivity index (χ0v) is 9.71. The Labute approximate surface area is 98.3 Å². The van der Waals surface area contributed by atoms with Crippen molar-refractivity contribution in [2.45, 2.75) is 13.8 Å². The Morgan fingerprint density at radius 2 is 1.75 bits per heavy atom. The smallest absolute Gasteiger partial charge is 0.191 e. The minimum atomic E-state index is -0.311. The van der Waals surface area contributed by atoms with E-state index in [0.29, 0.717) is 11.3 Å². The van der Waals surface area contributed by atoms with Gasteiger partial charge in [0.15, 0.2) is 16.7 Å². The molecule has 5 heteroatoms. The van der Waals surface area contributed by atoms with Crippen LogP contribution < -0.4 is 5.43 Å². The molecule has 1 N–H and O–H groups in total. The number of ketones is 2. The number of halogens is 1. The standard InChI is InChI=1S/C11H11ClN2O2/c1-7(15)9-3-5-10(6-4-9)13-14-11(12)8(2)16/h3-6,13H,1-2H3/b14-11-. The molecule has 0 amide bonds. The predicted octanol–water partition coefficient (Wildman–Crippen LogP) is 2.44. The number of hydrogen-bond acceptors (Lipinski definition) is 4. The fourth-order valence-corrected chi connectivity index (χ4v) is 1.01. The predicted molar refractivity (Wildman–Crippen MR) is 64.0 cm³/mol. The van der Waals surface area contributed by atoms with Crippen LogP contribution in [0.1, 0.15) is 24.2 Å². The van der Waals surface area contributed by atoms with Crippen LogP contribution in [0.4, 0.5) is 5.69 Å². The van der Waals surface area contributed by atoms with Gasteiger partial charge in [0, 0.05) is 12.5 Å². The summed E-state index contributed by atoms with van der Waals surface area (Å²) in [5.41, 5.74) is 3.89. The van der Waals surface area contributed by atoms with Crippen LogP contribution in [0.2, 0.25) is 0 Å². The quantitative estimate of drug-likeness (QED) is 0.498. The molecule has 0 aliphatic heterocycles. The number of carbonyl (C=O) groups is 2. The lowest BCUT2D eigenvalue weighted by Crippen LogP contribution is -2.04. The molecule has 84 valence electrons. The zero-order valence-electron chi connectivity index (χ0n) is 8.95. The summed E-state index contributed by atoms with van der Waals surface area (Å²) in [5.74, 6) is -0.314. The highest BCUT2D eigenvalue weighted by Crippen LogP contribution is 2.10. The van der Waals surface area contributed by atoms with Crippen LogP contribution >= 0.6 is 11.6 Å². The Morgan fingerprint density at radius 1 is 1.19 bits per heavy atom. The zero-order chi connectivity index (χ0) is 12.1. The van der Waals surface area contributed by atoms with E-state index in [-0.39, 0.29) is 16.7 Å². The summed E-state index contributed by atoms with van der Waals surface area (Å²) in [6, 6.07) is 6.71. The van der Waals surface area contributed by atoms with Gasteiger partial charge in [0.2, 0.25) is 0 Å². The first-order chi connectivity index (χ1) is 7.50. The van der Waals surface area contributed by atoms with Crippen molar-refractivity contribution in [3.8, 4) is 0 Å². The van der Waals surface area contributed by atoms with Gasteiger partial charge in [0.1, 0.15) is 0 Å². The van der Waals surface area contributed by atoms with Crippen molar-refractivity contribution in [2.24, 2.45) is 5.10 Å². The van der Waals surface area contributed by atoms with E-state index in [2.05, 4.69) is 10.5 Å². The molecular formula is C11H11ClN2O2. The molecular weight excluding hydrogens is 228 g/mol. The van der Waals surface area contributed by atoms with Gasteiger partial charge in [-0.3, -0.25) is 15.0 Å². The third kappa shape index (κ3) is 3.47. The van der Waals surface area contributed by atoms with Gasteiger partial charge in [-0.15, -0.1) is 0 Å². The first-order valence-corrected chi connectivity index (χ1v) is 4.99. The Morgan fingerprint density at radius 3 is 2.19 bits per heavy atom. The summed E-state index contributed by atoms with van der Waals surface area (Å²) in [6.45, 7) is 2.82. The first-order valence-electron chi connectivity index (χ1n) is 4.62. The average Bonchev–Trinajstić information content (AvgIpc) is 2.26. The van der Waals surface area contributed by atoms with Crippen molar-refractivity contribution in [1.82, 2.24) is 0 Å². The molecule has 0 atom stereocenters. The molecule has 4 nitrogen and oxygen atoms in total. The van der Waals surface area contributed by atoms with Gasteiger partial charge in [-0.2, -0.15) is 5.10 Å². The van der Waals surface area contributed by atoms with Crippen LogP contribution in [-0.4, -0.2) is 16.7 Å². The Bertz CT molecular complexity index is 438. The van der Waals surface area contributed by atoms with Crippen molar-refractivity contribution in [2.75, 3.05) is 5.43 Å². The SMILES string of the molecule is CC(=O)/C(Cl)=N/Nc1ccc(C(C)=O)cc1. The van der Waals surface area contributed by atoms with Gasteiger partial charge in [-0.25, -0.2) is 0 Å². The highest BCUT2D eigenvalue weighted by Gasteiger charge is 2.01. The molecule has 0 aliphatic rings. The minimum Gasteiger partial charge on any atom is -0.295 e. The lowest BCUT2D eigenvalue weighted by Gasteiger charge is -2.01. The van der Waals surface area contributed by atoms with Crippen LogP contribution in [0, 0.1) is 0 Å². The topological polar surface area (TPSA) is 58.5 Å². The second-order valence-electron chi connectivity index (χ2n) is 3.20. The maximum Gasteiger partial charge on any atom is 0.191 e. The summed E-state index contributed by atoms with van der Waals surface area (Å²) < 4.78 is 0. The maximum atomic E-state index is 11.0. The first kappa shape index (κ1) is 12.4. The lowest BCUT2D eigenvalue weighted by atomic mass is 10.1. The molecule has 16 heavy (non-hydrogen) atoms. The second kappa shape index (κ2) is 5.42. The highest BCUT2D eigenvalue weighted by molar-refractivity contribution is 6.82. The lowest BCUT2D eigenvalue weighted by molar-refractivity contribution is -0.110. The summed E-state index contributed by atoms with van der Waals surface area (Å²) in [7, 11) is 0. The number of hydrogen-bond donors (Lipinski definition) is 1. The molecule has 0 saturated carbocycles. The molecule has 1 rings (SSSR count). The number of hydrazone groups is 1. The monoisotopic (exact) mass is 238 g/mol. The highest BCUT2D eigenvalue weighted by atomic mass is 35.5. The normalized spacial score (nSPS) is 11.1.